The zero-order chi connectivity index (χ0) is 16.2. The lowest BCUT2D eigenvalue weighted by molar-refractivity contribution is -0.384. The van der Waals surface area contributed by atoms with Crippen molar-refractivity contribution in [2.75, 3.05) is 11.9 Å². The Morgan fingerprint density at radius 3 is 2.68 bits per heavy atom. The fraction of sp³-hybridized carbons (Fsp3) is 0.154. The number of primary sulfonamides is 1. The highest BCUT2D eigenvalue weighted by Crippen LogP contribution is 2.27. The predicted molar refractivity (Wildman–Crippen MR) is 80.9 cm³/mol. The Kier molecular flexibility index (Phi) is 4.68. The van der Waals surface area contributed by atoms with E-state index < -0.39 is 14.9 Å². The fourth-order valence-corrected chi connectivity index (χ4v) is 2.41. The Morgan fingerprint density at radius 2 is 2.09 bits per heavy atom. The molecule has 3 N–H and O–H groups in total. The molecule has 116 valence electrons. The number of anilines is 1. The van der Waals surface area contributed by atoms with E-state index in [2.05, 4.69) is 10.3 Å². The standard InChI is InChI=1S/C13H14N4O4S/c14-22(20,21)11-3-4-12(13(8-11)17(18)19)16-7-5-10-2-1-6-15-9-10/h1-4,6,8-9,16H,5,7H2,(H2,14,20,21). The molecule has 0 unspecified atom stereocenters. The first kappa shape index (κ1) is 15.9. The largest absolute Gasteiger partial charge is 0.379 e. The smallest absolute Gasteiger partial charge is 0.293 e. The van der Waals surface area contributed by atoms with Gasteiger partial charge < -0.3 is 5.32 Å². The van der Waals surface area contributed by atoms with Crippen molar-refractivity contribution in [1.29, 1.82) is 0 Å². The third kappa shape index (κ3) is 3.99. The van der Waals surface area contributed by atoms with Crippen LogP contribution in [0.5, 0.6) is 0 Å². The first-order chi connectivity index (χ1) is 10.4. The van der Waals surface area contributed by atoms with Crippen LogP contribution in [0.15, 0.2) is 47.6 Å². The van der Waals surface area contributed by atoms with Crippen LogP contribution in [0.1, 0.15) is 5.56 Å². The molecule has 0 aliphatic carbocycles. The molecule has 1 aromatic carbocycles. The van der Waals surface area contributed by atoms with Crippen molar-refractivity contribution in [3.8, 4) is 0 Å². The van der Waals surface area contributed by atoms with Gasteiger partial charge in [0.15, 0.2) is 0 Å². The maximum Gasteiger partial charge on any atom is 0.293 e. The molecule has 0 spiro atoms. The van der Waals surface area contributed by atoms with E-state index in [9.17, 15) is 18.5 Å². The summed E-state index contributed by atoms with van der Waals surface area (Å²) < 4.78 is 22.5. The number of nitrogens with zero attached hydrogens (tertiary/aromatic N) is 2. The summed E-state index contributed by atoms with van der Waals surface area (Å²) in [5.74, 6) is 0. The normalized spacial score (nSPS) is 11.1. The van der Waals surface area contributed by atoms with Gasteiger partial charge in [-0.3, -0.25) is 15.1 Å². The van der Waals surface area contributed by atoms with E-state index in [-0.39, 0.29) is 16.3 Å². The molecular weight excluding hydrogens is 308 g/mol. The third-order valence-corrected chi connectivity index (χ3v) is 3.86. The summed E-state index contributed by atoms with van der Waals surface area (Å²) in [6, 6.07) is 7.21. The van der Waals surface area contributed by atoms with Crippen molar-refractivity contribution >= 4 is 21.4 Å². The summed E-state index contributed by atoms with van der Waals surface area (Å²) in [5.41, 5.74) is 0.887. The lowest BCUT2D eigenvalue weighted by atomic mass is 10.2. The van der Waals surface area contributed by atoms with E-state index in [0.29, 0.717) is 13.0 Å². The second-order valence-electron chi connectivity index (χ2n) is 4.52. The Balaban J connectivity index is 2.15. The number of nitro groups is 1. The van der Waals surface area contributed by atoms with Gasteiger partial charge in [0, 0.05) is 25.0 Å². The topological polar surface area (TPSA) is 128 Å². The SMILES string of the molecule is NS(=O)(=O)c1ccc(NCCc2cccnc2)c([N+](=O)[O-])c1. The quantitative estimate of drug-likeness (QED) is 0.609. The molecule has 9 heteroatoms. The van der Waals surface area contributed by atoms with Crippen LogP contribution in [0.25, 0.3) is 0 Å². The predicted octanol–water partition coefficient (Wildman–Crippen LogP) is 1.29. The van der Waals surface area contributed by atoms with Crippen LogP contribution in [-0.2, 0) is 16.4 Å². The van der Waals surface area contributed by atoms with Crippen LogP contribution in [0.2, 0.25) is 0 Å². The fourth-order valence-electron chi connectivity index (χ4n) is 1.88. The summed E-state index contributed by atoms with van der Waals surface area (Å²) in [4.78, 5) is 14.1. The molecular formula is C13H14N4O4S. The first-order valence-corrected chi connectivity index (χ1v) is 7.86. The van der Waals surface area contributed by atoms with Gasteiger partial charge in [-0.2, -0.15) is 0 Å². The number of aromatic nitrogens is 1. The summed E-state index contributed by atoms with van der Waals surface area (Å²) >= 11 is 0. The molecule has 2 aromatic rings. The van der Waals surface area contributed by atoms with Gasteiger partial charge in [-0.1, -0.05) is 6.07 Å². The van der Waals surface area contributed by atoms with E-state index in [1.807, 2.05) is 6.07 Å². The third-order valence-electron chi connectivity index (χ3n) is 2.95. The molecule has 22 heavy (non-hydrogen) atoms. The van der Waals surface area contributed by atoms with Crippen LogP contribution in [0.3, 0.4) is 0 Å². The van der Waals surface area contributed by atoms with Gasteiger partial charge in [-0.25, -0.2) is 13.6 Å². The minimum Gasteiger partial charge on any atom is -0.379 e. The van der Waals surface area contributed by atoms with Gasteiger partial charge >= 0.3 is 0 Å². The number of nitro benzene ring substituents is 1. The second-order valence-corrected chi connectivity index (χ2v) is 6.08. The Hall–Kier alpha value is -2.52. The second kappa shape index (κ2) is 6.50. The van der Waals surface area contributed by atoms with Gasteiger partial charge in [0.2, 0.25) is 10.0 Å². The maximum absolute atomic E-state index is 11.2. The lowest BCUT2D eigenvalue weighted by Crippen LogP contribution is -2.13. The lowest BCUT2D eigenvalue weighted by Gasteiger charge is -2.08. The number of nitrogens with one attached hydrogen (secondary N) is 1. The van der Waals surface area contributed by atoms with Crippen molar-refractivity contribution in [3.63, 3.8) is 0 Å². The highest BCUT2D eigenvalue weighted by atomic mass is 32.2. The molecule has 2 rings (SSSR count). The first-order valence-electron chi connectivity index (χ1n) is 6.32. The molecule has 0 fully saturated rings. The zero-order valence-corrected chi connectivity index (χ0v) is 12.3. The van der Waals surface area contributed by atoms with Gasteiger partial charge in [0.1, 0.15) is 5.69 Å². The monoisotopic (exact) mass is 322 g/mol. The molecule has 0 saturated heterocycles. The highest BCUT2D eigenvalue weighted by molar-refractivity contribution is 7.89. The number of hydrogen-bond donors (Lipinski definition) is 2. The number of rotatable bonds is 6. The highest BCUT2D eigenvalue weighted by Gasteiger charge is 2.18. The maximum atomic E-state index is 11.2. The molecule has 0 saturated carbocycles. The Morgan fingerprint density at radius 1 is 1.32 bits per heavy atom. The van der Waals surface area contributed by atoms with Crippen molar-refractivity contribution in [2.24, 2.45) is 5.14 Å². The average molecular weight is 322 g/mol. The molecule has 0 bridgehead atoms. The molecule has 0 aliphatic heterocycles. The summed E-state index contributed by atoms with van der Waals surface area (Å²) in [7, 11) is -3.98. The van der Waals surface area contributed by atoms with E-state index in [1.54, 1.807) is 18.5 Å². The van der Waals surface area contributed by atoms with Crippen LogP contribution in [-0.4, -0.2) is 24.9 Å². The number of hydrogen-bond acceptors (Lipinski definition) is 6. The molecule has 1 heterocycles. The number of nitrogens with two attached hydrogens (primary N) is 1. The van der Waals surface area contributed by atoms with Crippen molar-refractivity contribution in [1.82, 2.24) is 4.98 Å². The molecule has 8 nitrogen and oxygen atoms in total. The Labute approximate surface area is 127 Å². The molecule has 0 atom stereocenters. The Bertz CT molecular complexity index is 778. The van der Waals surface area contributed by atoms with Gasteiger partial charge in [-0.15, -0.1) is 0 Å². The van der Waals surface area contributed by atoms with Crippen LogP contribution < -0.4 is 10.5 Å². The van der Waals surface area contributed by atoms with E-state index in [1.165, 1.54) is 12.1 Å². The summed E-state index contributed by atoms with van der Waals surface area (Å²) in [6.45, 7) is 0.446. The summed E-state index contributed by atoms with van der Waals surface area (Å²) in [6.07, 6.45) is 4.00. The van der Waals surface area contributed by atoms with Crippen molar-refractivity contribution in [3.05, 3.63) is 58.4 Å². The number of benzene rings is 1. The van der Waals surface area contributed by atoms with E-state index in [4.69, 9.17) is 5.14 Å². The minimum atomic E-state index is -3.98. The molecule has 0 aliphatic rings. The van der Waals surface area contributed by atoms with Crippen molar-refractivity contribution in [2.45, 2.75) is 11.3 Å². The minimum absolute atomic E-state index is 0.237. The summed E-state index contributed by atoms with van der Waals surface area (Å²) in [5, 5.41) is 18.9. The van der Waals surface area contributed by atoms with Gasteiger partial charge in [0.25, 0.3) is 5.69 Å². The van der Waals surface area contributed by atoms with Gasteiger partial charge in [-0.05, 0) is 30.2 Å². The van der Waals surface area contributed by atoms with Crippen LogP contribution in [0.4, 0.5) is 11.4 Å². The van der Waals surface area contributed by atoms with Crippen LogP contribution >= 0.6 is 0 Å². The van der Waals surface area contributed by atoms with Gasteiger partial charge in [0.05, 0.1) is 9.82 Å². The van der Waals surface area contributed by atoms with Crippen LogP contribution in [0, 0.1) is 10.1 Å². The van der Waals surface area contributed by atoms with E-state index >= 15 is 0 Å². The molecule has 0 radical (unpaired) electrons. The number of pyridine rings is 1. The van der Waals surface area contributed by atoms with E-state index in [0.717, 1.165) is 11.6 Å². The molecule has 1 aromatic heterocycles. The van der Waals surface area contributed by atoms with Crippen molar-refractivity contribution < 1.29 is 13.3 Å². The average Bonchev–Trinajstić information content (AvgIpc) is 2.47. The number of sulfonamides is 1. The molecule has 0 amide bonds. The zero-order valence-electron chi connectivity index (χ0n) is 11.5.